The smallest absolute Gasteiger partial charge is 0.286 e. The number of nitrogens with zero attached hydrogens (tertiary/aromatic N) is 1. The molecule has 2 aromatic carbocycles. The van der Waals surface area contributed by atoms with Crippen LogP contribution in [0.1, 0.15) is 18.9 Å². The summed E-state index contributed by atoms with van der Waals surface area (Å²) in [6, 6.07) is 14.0. The summed E-state index contributed by atoms with van der Waals surface area (Å²) < 4.78 is 28.0. The van der Waals surface area contributed by atoms with Crippen LogP contribution in [0.3, 0.4) is 0 Å². The van der Waals surface area contributed by atoms with E-state index in [1.54, 1.807) is 18.2 Å². The van der Waals surface area contributed by atoms with Crippen molar-refractivity contribution >= 4 is 33.1 Å². The molecule has 2 N–H and O–H groups in total. The first-order chi connectivity index (χ1) is 11.5. The lowest BCUT2D eigenvalue weighted by molar-refractivity contribution is -0.115. The number of para-hydroxylation sites is 2. The quantitative estimate of drug-likeness (QED) is 0.893. The summed E-state index contributed by atoms with van der Waals surface area (Å²) in [7, 11) is -3.78. The second-order valence-corrected chi connectivity index (χ2v) is 6.94. The number of benzene rings is 2. The lowest BCUT2D eigenvalue weighted by atomic mass is 10.1. The Hall–Kier alpha value is -2.67. The number of rotatable bonds is 4. The van der Waals surface area contributed by atoms with Gasteiger partial charge in [-0.15, -0.1) is 4.40 Å². The van der Waals surface area contributed by atoms with Crippen LogP contribution in [0.5, 0.6) is 0 Å². The summed E-state index contributed by atoms with van der Waals surface area (Å²) >= 11 is 0. The van der Waals surface area contributed by atoms with Crippen molar-refractivity contribution in [2.45, 2.75) is 24.7 Å². The number of hydrogen-bond donors (Lipinski definition) is 2. The van der Waals surface area contributed by atoms with Crippen molar-refractivity contribution in [3.05, 3.63) is 54.1 Å². The largest absolute Gasteiger partial charge is 0.341 e. The van der Waals surface area contributed by atoms with Crippen molar-refractivity contribution in [2.75, 3.05) is 10.6 Å². The summed E-state index contributed by atoms with van der Waals surface area (Å²) in [6.07, 6.45) is 0.642. The van der Waals surface area contributed by atoms with E-state index < -0.39 is 10.0 Å². The summed E-state index contributed by atoms with van der Waals surface area (Å²) in [5, 5.41) is 5.71. The van der Waals surface area contributed by atoms with E-state index in [4.69, 9.17) is 0 Å². The van der Waals surface area contributed by atoms with E-state index in [9.17, 15) is 13.2 Å². The van der Waals surface area contributed by atoms with E-state index in [1.165, 1.54) is 6.07 Å². The Morgan fingerprint density at radius 1 is 1.12 bits per heavy atom. The Labute approximate surface area is 140 Å². The monoisotopic (exact) mass is 343 g/mol. The van der Waals surface area contributed by atoms with E-state index in [1.807, 2.05) is 31.2 Å². The zero-order valence-corrected chi connectivity index (χ0v) is 13.9. The maximum atomic E-state index is 12.2. The second-order valence-electron chi connectivity index (χ2n) is 5.37. The first kappa shape index (κ1) is 16.2. The van der Waals surface area contributed by atoms with Gasteiger partial charge < -0.3 is 10.6 Å². The van der Waals surface area contributed by atoms with Gasteiger partial charge in [-0.1, -0.05) is 37.3 Å². The third kappa shape index (κ3) is 3.30. The van der Waals surface area contributed by atoms with Crippen LogP contribution in [0.15, 0.2) is 57.8 Å². The highest BCUT2D eigenvalue weighted by Crippen LogP contribution is 2.27. The maximum Gasteiger partial charge on any atom is 0.286 e. The fourth-order valence-electron chi connectivity index (χ4n) is 2.54. The molecule has 0 aliphatic carbocycles. The molecule has 124 valence electrons. The van der Waals surface area contributed by atoms with Gasteiger partial charge in [0, 0.05) is 5.69 Å². The van der Waals surface area contributed by atoms with E-state index in [-0.39, 0.29) is 23.1 Å². The Kier molecular flexibility index (Phi) is 4.35. The molecule has 0 unspecified atom stereocenters. The molecule has 1 heterocycles. The van der Waals surface area contributed by atoms with Crippen LogP contribution in [0.4, 0.5) is 11.4 Å². The number of amidine groups is 1. The SMILES string of the molecule is CCc1ccccc1NC(=O)CC1=NS(=O)(=O)c2ccccc2N1. The minimum atomic E-state index is -3.78. The number of hydrogen-bond acceptors (Lipinski definition) is 4. The van der Waals surface area contributed by atoms with E-state index in [0.717, 1.165) is 17.7 Å². The number of carbonyl (C=O) groups is 1. The van der Waals surface area contributed by atoms with Gasteiger partial charge in [0.05, 0.1) is 12.1 Å². The van der Waals surface area contributed by atoms with Crippen LogP contribution in [0.2, 0.25) is 0 Å². The van der Waals surface area contributed by atoms with Gasteiger partial charge in [-0.25, -0.2) is 0 Å². The summed E-state index contributed by atoms with van der Waals surface area (Å²) in [5.74, 6) is -0.211. The van der Waals surface area contributed by atoms with Gasteiger partial charge in [-0.05, 0) is 30.2 Å². The Balaban J connectivity index is 1.77. The summed E-state index contributed by atoms with van der Waals surface area (Å²) in [4.78, 5) is 12.4. The third-order valence-electron chi connectivity index (χ3n) is 3.67. The highest BCUT2D eigenvalue weighted by atomic mass is 32.2. The third-order valence-corrected chi connectivity index (χ3v) is 5.05. The highest BCUT2D eigenvalue weighted by Gasteiger charge is 2.25. The number of amides is 1. The zero-order chi connectivity index (χ0) is 17.2. The normalized spacial score (nSPS) is 15.0. The fraction of sp³-hybridized carbons (Fsp3) is 0.176. The number of sulfonamides is 1. The first-order valence-corrected chi connectivity index (χ1v) is 9.01. The molecule has 1 amide bonds. The molecule has 7 heteroatoms. The first-order valence-electron chi connectivity index (χ1n) is 7.57. The Bertz CT molecular complexity index is 920. The van der Waals surface area contributed by atoms with E-state index >= 15 is 0 Å². The van der Waals surface area contributed by atoms with Crippen LogP contribution >= 0.6 is 0 Å². The van der Waals surface area contributed by atoms with Crippen molar-refractivity contribution in [1.29, 1.82) is 0 Å². The number of carbonyl (C=O) groups excluding carboxylic acids is 1. The van der Waals surface area contributed by atoms with Gasteiger partial charge in [-0.2, -0.15) is 8.42 Å². The molecule has 3 rings (SSSR count). The molecule has 0 fully saturated rings. The zero-order valence-electron chi connectivity index (χ0n) is 13.1. The molecule has 0 bridgehead atoms. The summed E-state index contributed by atoms with van der Waals surface area (Å²) in [6.45, 7) is 2.00. The van der Waals surface area contributed by atoms with Gasteiger partial charge in [-0.3, -0.25) is 4.79 Å². The van der Waals surface area contributed by atoms with Crippen LogP contribution in [-0.2, 0) is 21.2 Å². The molecule has 2 aromatic rings. The second kappa shape index (κ2) is 6.45. The van der Waals surface area contributed by atoms with Crippen molar-refractivity contribution in [3.8, 4) is 0 Å². The van der Waals surface area contributed by atoms with Crippen LogP contribution in [0, 0.1) is 0 Å². The molecule has 1 aliphatic rings. The lowest BCUT2D eigenvalue weighted by Gasteiger charge is -2.18. The lowest BCUT2D eigenvalue weighted by Crippen LogP contribution is -2.26. The standard InChI is InChI=1S/C17H17N3O3S/c1-2-12-7-3-4-8-13(12)19-17(21)11-16-18-14-9-5-6-10-15(14)24(22,23)20-16/h3-10H,2,11H2,1H3,(H,18,20)(H,19,21). The molecule has 0 spiro atoms. The van der Waals surface area contributed by atoms with Gasteiger partial charge in [0.2, 0.25) is 5.91 Å². The van der Waals surface area contributed by atoms with Crippen LogP contribution in [0.25, 0.3) is 0 Å². The molecule has 24 heavy (non-hydrogen) atoms. The van der Waals surface area contributed by atoms with Crippen molar-refractivity contribution in [3.63, 3.8) is 0 Å². The number of nitrogens with one attached hydrogen (secondary N) is 2. The summed E-state index contributed by atoms with van der Waals surface area (Å²) in [5.41, 5.74) is 2.18. The van der Waals surface area contributed by atoms with Crippen LogP contribution < -0.4 is 10.6 Å². The predicted molar refractivity (Wildman–Crippen MR) is 93.8 cm³/mol. The average Bonchev–Trinajstić information content (AvgIpc) is 2.54. The van der Waals surface area contributed by atoms with Crippen molar-refractivity contribution in [2.24, 2.45) is 4.40 Å². The van der Waals surface area contributed by atoms with E-state index in [0.29, 0.717) is 5.69 Å². The van der Waals surface area contributed by atoms with Crippen LogP contribution in [-0.4, -0.2) is 20.2 Å². The molecule has 0 saturated carbocycles. The minimum Gasteiger partial charge on any atom is -0.341 e. The minimum absolute atomic E-state index is 0.111. The van der Waals surface area contributed by atoms with Gasteiger partial charge >= 0.3 is 0 Å². The Morgan fingerprint density at radius 3 is 2.62 bits per heavy atom. The topological polar surface area (TPSA) is 87.6 Å². The van der Waals surface area contributed by atoms with Crippen molar-refractivity contribution in [1.82, 2.24) is 0 Å². The highest BCUT2D eigenvalue weighted by molar-refractivity contribution is 7.90. The number of aryl methyl sites for hydroxylation is 1. The average molecular weight is 343 g/mol. The molecule has 0 atom stereocenters. The number of anilines is 2. The molecule has 6 nitrogen and oxygen atoms in total. The Morgan fingerprint density at radius 2 is 1.83 bits per heavy atom. The molecule has 0 radical (unpaired) electrons. The molecule has 1 aliphatic heterocycles. The molecule has 0 saturated heterocycles. The molecular weight excluding hydrogens is 326 g/mol. The van der Waals surface area contributed by atoms with Crippen molar-refractivity contribution < 1.29 is 13.2 Å². The fourth-order valence-corrected chi connectivity index (χ4v) is 3.69. The maximum absolute atomic E-state index is 12.2. The van der Waals surface area contributed by atoms with Gasteiger partial charge in [0.25, 0.3) is 10.0 Å². The van der Waals surface area contributed by atoms with Gasteiger partial charge in [0.1, 0.15) is 10.7 Å². The van der Waals surface area contributed by atoms with Gasteiger partial charge in [0.15, 0.2) is 0 Å². The van der Waals surface area contributed by atoms with E-state index in [2.05, 4.69) is 15.0 Å². The number of fused-ring (bicyclic) bond motifs is 1. The predicted octanol–water partition coefficient (Wildman–Crippen LogP) is 2.79. The molecular formula is C17H17N3O3S. The molecule has 0 aromatic heterocycles.